The summed E-state index contributed by atoms with van der Waals surface area (Å²) in [4.78, 5) is 18.6. The fourth-order valence-corrected chi connectivity index (χ4v) is 3.53. The molecule has 2 aromatic rings. The number of piperidine rings is 1. The van der Waals surface area contributed by atoms with Gasteiger partial charge in [-0.3, -0.25) is 9.69 Å². The summed E-state index contributed by atoms with van der Waals surface area (Å²) < 4.78 is 12.8. The maximum absolute atomic E-state index is 12.2. The van der Waals surface area contributed by atoms with Crippen molar-refractivity contribution in [1.29, 1.82) is 0 Å². The van der Waals surface area contributed by atoms with Gasteiger partial charge in [-0.1, -0.05) is 6.07 Å². The molecule has 0 atom stereocenters. The Balaban J connectivity index is 1.18. The Morgan fingerprint density at radius 3 is 2.88 bits per heavy atom. The Morgan fingerprint density at radius 1 is 1.23 bits per heavy atom. The number of rotatable bonds is 6. The number of hydrogen-bond acceptors (Lipinski definition) is 5. The van der Waals surface area contributed by atoms with Crippen LogP contribution in [0.1, 0.15) is 18.4 Å². The number of aromatic nitrogens is 2. The first-order valence-electron chi connectivity index (χ1n) is 9.09. The van der Waals surface area contributed by atoms with E-state index in [-0.39, 0.29) is 12.7 Å². The topological polar surface area (TPSA) is 68.6 Å². The molecule has 3 heterocycles. The van der Waals surface area contributed by atoms with E-state index >= 15 is 0 Å². The van der Waals surface area contributed by atoms with Gasteiger partial charge in [0, 0.05) is 25.5 Å². The van der Waals surface area contributed by atoms with E-state index in [0.717, 1.165) is 49.5 Å². The maximum Gasteiger partial charge on any atom is 0.234 e. The second kappa shape index (κ2) is 7.78. The number of nitrogens with one attached hydrogen (secondary N) is 1. The number of carbonyl (C=O) groups is 1. The molecular formula is C19H24N4O3. The molecule has 1 N–H and O–H groups in total. The summed E-state index contributed by atoms with van der Waals surface area (Å²) in [6.07, 6.45) is 7.94. The van der Waals surface area contributed by atoms with Gasteiger partial charge in [0.05, 0.1) is 12.9 Å². The van der Waals surface area contributed by atoms with Crippen molar-refractivity contribution in [2.45, 2.75) is 25.9 Å². The molecule has 2 aliphatic heterocycles. The van der Waals surface area contributed by atoms with Crippen LogP contribution in [0.4, 0.5) is 0 Å². The average molecular weight is 356 g/mol. The van der Waals surface area contributed by atoms with E-state index in [0.29, 0.717) is 19.0 Å². The SMILES string of the molecule is O=C(CN1CCC(Cn2ccnc2)CC1)NCc1ccc2c(c1)OCO2. The lowest BCUT2D eigenvalue weighted by Gasteiger charge is -2.31. The molecule has 138 valence electrons. The molecule has 0 bridgehead atoms. The van der Waals surface area contributed by atoms with Crippen molar-refractivity contribution < 1.29 is 14.3 Å². The highest BCUT2D eigenvalue weighted by Gasteiger charge is 2.21. The van der Waals surface area contributed by atoms with Crippen LogP contribution in [-0.4, -0.2) is 46.8 Å². The number of imidazole rings is 1. The highest BCUT2D eigenvalue weighted by atomic mass is 16.7. The van der Waals surface area contributed by atoms with Crippen LogP contribution in [0.25, 0.3) is 0 Å². The van der Waals surface area contributed by atoms with E-state index in [9.17, 15) is 4.79 Å². The van der Waals surface area contributed by atoms with E-state index in [4.69, 9.17) is 9.47 Å². The molecule has 1 aromatic heterocycles. The standard InChI is InChI=1S/C19H24N4O3/c24-19(21-10-16-1-2-17-18(9-16)26-14-25-17)12-22-6-3-15(4-7-22)11-23-8-5-20-13-23/h1-2,5,8-9,13,15H,3-4,6-7,10-12,14H2,(H,21,24). The quantitative estimate of drug-likeness (QED) is 0.852. The lowest BCUT2D eigenvalue weighted by atomic mass is 9.97. The first kappa shape index (κ1) is 16.9. The maximum atomic E-state index is 12.2. The Kier molecular flexibility index (Phi) is 5.06. The van der Waals surface area contributed by atoms with Crippen molar-refractivity contribution in [3.63, 3.8) is 0 Å². The van der Waals surface area contributed by atoms with Crippen molar-refractivity contribution in [3.8, 4) is 11.5 Å². The Morgan fingerprint density at radius 2 is 2.08 bits per heavy atom. The van der Waals surface area contributed by atoms with Gasteiger partial charge in [-0.2, -0.15) is 0 Å². The molecule has 1 fully saturated rings. The van der Waals surface area contributed by atoms with E-state index in [1.165, 1.54) is 0 Å². The number of ether oxygens (including phenoxy) is 2. The molecule has 7 heteroatoms. The zero-order chi connectivity index (χ0) is 17.8. The van der Waals surface area contributed by atoms with E-state index < -0.39 is 0 Å². The first-order chi connectivity index (χ1) is 12.8. The van der Waals surface area contributed by atoms with E-state index in [1.807, 2.05) is 36.9 Å². The summed E-state index contributed by atoms with van der Waals surface area (Å²) in [6.45, 7) is 4.19. The molecule has 0 saturated carbocycles. The van der Waals surface area contributed by atoms with Gasteiger partial charge in [0.1, 0.15) is 0 Å². The van der Waals surface area contributed by atoms with Gasteiger partial charge in [0.2, 0.25) is 12.7 Å². The van der Waals surface area contributed by atoms with Crippen LogP contribution in [0.2, 0.25) is 0 Å². The number of amides is 1. The van der Waals surface area contributed by atoms with Gasteiger partial charge in [-0.25, -0.2) is 4.98 Å². The van der Waals surface area contributed by atoms with Crippen LogP contribution in [0.5, 0.6) is 11.5 Å². The summed E-state index contributed by atoms with van der Waals surface area (Å²) in [5.41, 5.74) is 1.02. The summed E-state index contributed by atoms with van der Waals surface area (Å²) in [7, 11) is 0. The lowest BCUT2D eigenvalue weighted by Crippen LogP contribution is -2.41. The molecule has 1 amide bonds. The lowest BCUT2D eigenvalue weighted by molar-refractivity contribution is -0.122. The van der Waals surface area contributed by atoms with Crippen LogP contribution in [0.3, 0.4) is 0 Å². The van der Waals surface area contributed by atoms with E-state index in [2.05, 4.69) is 19.8 Å². The minimum atomic E-state index is 0.0655. The van der Waals surface area contributed by atoms with Gasteiger partial charge < -0.3 is 19.4 Å². The van der Waals surface area contributed by atoms with Crippen LogP contribution in [0, 0.1) is 5.92 Å². The molecule has 26 heavy (non-hydrogen) atoms. The third-order valence-electron chi connectivity index (χ3n) is 5.03. The Bertz CT molecular complexity index is 739. The minimum absolute atomic E-state index is 0.0655. The molecule has 0 unspecified atom stereocenters. The predicted molar refractivity (Wildman–Crippen MR) is 95.8 cm³/mol. The molecule has 7 nitrogen and oxygen atoms in total. The molecule has 2 aliphatic rings. The fourth-order valence-electron chi connectivity index (χ4n) is 3.53. The van der Waals surface area contributed by atoms with Crippen LogP contribution in [-0.2, 0) is 17.9 Å². The monoisotopic (exact) mass is 356 g/mol. The third kappa shape index (κ3) is 4.16. The van der Waals surface area contributed by atoms with Gasteiger partial charge in [0.15, 0.2) is 11.5 Å². The number of fused-ring (bicyclic) bond motifs is 1. The Labute approximate surface area is 152 Å². The summed E-state index contributed by atoms with van der Waals surface area (Å²) in [5.74, 6) is 2.24. The fraction of sp³-hybridized carbons (Fsp3) is 0.474. The van der Waals surface area contributed by atoms with Gasteiger partial charge in [-0.05, 0) is 49.5 Å². The van der Waals surface area contributed by atoms with Crippen molar-refractivity contribution >= 4 is 5.91 Å². The van der Waals surface area contributed by atoms with Gasteiger partial charge >= 0.3 is 0 Å². The smallest absolute Gasteiger partial charge is 0.234 e. The van der Waals surface area contributed by atoms with Crippen LogP contribution >= 0.6 is 0 Å². The largest absolute Gasteiger partial charge is 0.454 e. The van der Waals surface area contributed by atoms with Crippen LogP contribution < -0.4 is 14.8 Å². The highest BCUT2D eigenvalue weighted by Crippen LogP contribution is 2.32. The van der Waals surface area contributed by atoms with Gasteiger partial charge in [0.25, 0.3) is 0 Å². The second-order valence-electron chi connectivity index (χ2n) is 6.94. The number of hydrogen-bond donors (Lipinski definition) is 1. The number of carbonyl (C=O) groups excluding carboxylic acids is 1. The van der Waals surface area contributed by atoms with Crippen LogP contribution in [0.15, 0.2) is 36.9 Å². The van der Waals surface area contributed by atoms with Crippen molar-refractivity contribution in [2.24, 2.45) is 5.92 Å². The Hall–Kier alpha value is -2.54. The molecule has 0 spiro atoms. The minimum Gasteiger partial charge on any atom is -0.454 e. The molecule has 0 aliphatic carbocycles. The molecule has 4 rings (SSSR count). The molecular weight excluding hydrogens is 332 g/mol. The van der Waals surface area contributed by atoms with E-state index in [1.54, 1.807) is 0 Å². The summed E-state index contributed by atoms with van der Waals surface area (Å²) >= 11 is 0. The first-order valence-corrected chi connectivity index (χ1v) is 9.09. The average Bonchev–Trinajstić information content (AvgIpc) is 3.33. The number of benzene rings is 1. The normalized spacial score (nSPS) is 17.4. The summed E-state index contributed by atoms with van der Waals surface area (Å²) in [5, 5.41) is 3.00. The second-order valence-corrected chi connectivity index (χ2v) is 6.94. The zero-order valence-electron chi connectivity index (χ0n) is 14.8. The zero-order valence-corrected chi connectivity index (χ0v) is 14.8. The predicted octanol–water partition coefficient (Wildman–Crippen LogP) is 1.64. The number of likely N-dealkylation sites (tertiary alicyclic amines) is 1. The van der Waals surface area contributed by atoms with Crippen molar-refractivity contribution in [1.82, 2.24) is 19.8 Å². The van der Waals surface area contributed by atoms with Gasteiger partial charge in [-0.15, -0.1) is 0 Å². The highest BCUT2D eigenvalue weighted by molar-refractivity contribution is 5.78. The molecule has 1 saturated heterocycles. The molecule has 0 radical (unpaired) electrons. The van der Waals surface area contributed by atoms with Crippen molar-refractivity contribution in [3.05, 3.63) is 42.5 Å². The number of nitrogens with zero attached hydrogens (tertiary/aromatic N) is 3. The molecule has 1 aromatic carbocycles. The summed E-state index contributed by atoms with van der Waals surface area (Å²) in [6, 6.07) is 5.76. The third-order valence-corrected chi connectivity index (χ3v) is 5.03. The van der Waals surface area contributed by atoms with Crippen molar-refractivity contribution in [2.75, 3.05) is 26.4 Å².